The van der Waals surface area contributed by atoms with Crippen molar-refractivity contribution in [2.45, 2.75) is 33.2 Å². The molecule has 2 heterocycles. The zero-order valence-corrected chi connectivity index (χ0v) is 15.8. The smallest absolute Gasteiger partial charge is 0.326 e. The van der Waals surface area contributed by atoms with Crippen LogP contribution in [0, 0.1) is 32.1 Å². The van der Waals surface area contributed by atoms with E-state index in [1.807, 2.05) is 32.9 Å². The molecule has 1 atom stereocenters. The molecule has 28 heavy (non-hydrogen) atoms. The zero-order valence-electron chi connectivity index (χ0n) is 15.8. The number of hydrogen-bond donors (Lipinski definition) is 2. The number of hydrogen-bond acceptors (Lipinski definition) is 6. The molecule has 2 aromatic heterocycles. The van der Waals surface area contributed by atoms with E-state index in [9.17, 15) is 9.90 Å². The molecule has 0 amide bonds. The van der Waals surface area contributed by atoms with Gasteiger partial charge in [0.1, 0.15) is 11.9 Å². The summed E-state index contributed by atoms with van der Waals surface area (Å²) in [5.74, 6) is -0.194. The summed E-state index contributed by atoms with van der Waals surface area (Å²) in [6, 6.07) is 11.6. The maximum Gasteiger partial charge on any atom is 0.326 e. The molecule has 0 aliphatic heterocycles. The zero-order chi connectivity index (χ0) is 20.3. The fourth-order valence-corrected chi connectivity index (χ4v) is 2.88. The number of aromatic nitrogens is 4. The van der Waals surface area contributed by atoms with E-state index in [2.05, 4.69) is 20.4 Å². The van der Waals surface area contributed by atoms with Crippen LogP contribution in [0.1, 0.15) is 28.2 Å². The van der Waals surface area contributed by atoms with Crippen LogP contribution in [0.15, 0.2) is 36.4 Å². The lowest BCUT2D eigenvalue weighted by Gasteiger charge is -2.16. The van der Waals surface area contributed by atoms with Gasteiger partial charge in [-0.3, -0.25) is 0 Å². The van der Waals surface area contributed by atoms with Crippen LogP contribution in [0.25, 0.3) is 5.95 Å². The molecule has 0 aliphatic rings. The van der Waals surface area contributed by atoms with Crippen molar-refractivity contribution in [2.75, 3.05) is 5.32 Å². The minimum Gasteiger partial charge on any atom is -0.480 e. The monoisotopic (exact) mass is 376 g/mol. The lowest BCUT2D eigenvalue weighted by molar-refractivity contribution is -0.137. The first-order valence-corrected chi connectivity index (χ1v) is 8.73. The van der Waals surface area contributed by atoms with Gasteiger partial charge >= 0.3 is 5.97 Å². The van der Waals surface area contributed by atoms with Crippen LogP contribution in [0.5, 0.6) is 0 Å². The molecular formula is C20H20N6O2. The minimum absolute atomic E-state index is 0.249. The summed E-state index contributed by atoms with van der Waals surface area (Å²) in [5, 5.41) is 25.9. The molecule has 1 aromatic carbocycles. The first kappa shape index (κ1) is 19.0. The topological polar surface area (TPSA) is 117 Å². The van der Waals surface area contributed by atoms with Gasteiger partial charge < -0.3 is 10.4 Å². The van der Waals surface area contributed by atoms with Crippen molar-refractivity contribution >= 4 is 11.8 Å². The molecule has 0 saturated carbocycles. The number of carbonyl (C=O) groups is 1. The molecule has 0 aliphatic carbocycles. The van der Waals surface area contributed by atoms with Gasteiger partial charge in [-0.2, -0.15) is 15.3 Å². The molecule has 8 nitrogen and oxygen atoms in total. The van der Waals surface area contributed by atoms with Crippen LogP contribution in [-0.4, -0.2) is 36.9 Å². The highest BCUT2D eigenvalue weighted by Gasteiger charge is 2.19. The molecule has 8 heteroatoms. The summed E-state index contributed by atoms with van der Waals surface area (Å²) < 4.78 is 1.63. The van der Waals surface area contributed by atoms with Crippen molar-refractivity contribution in [3.05, 3.63) is 64.6 Å². The average Bonchev–Trinajstić information content (AvgIpc) is 2.99. The van der Waals surface area contributed by atoms with Gasteiger partial charge in [-0.05, 0) is 44.5 Å². The Kier molecular flexibility index (Phi) is 5.36. The van der Waals surface area contributed by atoms with Gasteiger partial charge in [0.05, 0.1) is 17.3 Å². The normalized spacial score (nSPS) is 11.6. The van der Waals surface area contributed by atoms with Gasteiger partial charge in [-0.1, -0.05) is 12.1 Å². The first-order valence-electron chi connectivity index (χ1n) is 8.73. The standard InChI is InChI=1S/C20H20N6O2/c1-12-9-18(24-20(22-12)26-14(3)8-13(2)25-26)23-17(19(27)28)10-15-4-6-16(11-21)7-5-15/h4-9,17H,10H2,1-3H3,(H,27,28)(H,22,23,24)/t17-/m0/s1. The Morgan fingerprint density at radius 1 is 1.18 bits per heavy atom. The van der Waals surface area contributed by atoms with Crippen molar-refractivity contribution in [2.24, 2.45) is 0 Å². The van der Waals surface area contributed by atoms with Crippen LogP contribution in [0.2, 0.25) is 0 Å². The molecule has 0 unspecified atom stereocenters. The van der Waals surface area contributed by atoms with Crippen molar-refractivity contribution in [3.8, 4) is 12.0 Å². The number of anilines is 1. The van der Waals surface area contributed by atoms with E-state index in [0.717, 1.165) is 17.0 Å². The molecule has 0 spiro atoms. The Morgan fingerprint density at radius 3 is 2.46 bits per heavy atom. The van der Waals surface area contributed by atoms with Crippen LogP contribution in [0.3, 0.4) is 0 Å². The van der Waals surface area contributed by atoms with Gasteiger partial charge in [-0.15, -0.1) is 0 Å². The molecule has 142 valence electrons. The fourth-order valence-electron chi connectivity index (χ4n) is 2.88. The van der Waals surface area contributed by atoms with Crippen molar-refractivity contribution in [1.82, 2.24) is 19.7 Å². The highest BCUT2D eigenvalue weighted by Crippen LogP contribution is 2.15. The Bertz CT molecular complexity index is 1050. The lowest BCUT2D eigenvalue weighted by atomic mass is 10.0. The molecule has 0 fully saturated rings. The van der Waals surface area contributed by atoms with Gasteiger partial charge in [0.15, 0.2) is 0 Å². The Balaban J connectivity index is 1.86. The van der Waals surface area contributed by atoms with Gasteiger partial charge in [0.25, 0.3) is 5.95 Å². The van der Waals surface area contributed by atoms with Crippen LogP contribution >= 0.6 is 0 Å². The third-order valence-corrected chi connectivity index (χ3v) is 4.18. The maximum atomic E-state index is 11.8. The maximum absolute atomic E-state index is 11.8. The Labute approximate surface area is 162 Å². The van der Waals surface area contributed by atoms with E-state index >= 15 is 0 Å². The second kappa shape index (κ2) is 7.88. The van der Waals surface area contributed by atoms with E-state index in [1.54, 1.807) is 35.0 Å². The molecule has 0 radical (unpaired) electrons. The van der Waals surface area contributed by atoms with E-state index in [1.165, 1.54) is 0 Å². The van der Waals surface area contributed by atoms with Crippen molar-refractivity contribution < 1.29 is 9.90 Å². The summed E-state index contributed by atoms with van der Waals surface area (Å²) in [5.41, 5.74) is 3.78. The average molecular weight is 376 g/mol. The number of rotatable bonds is 6. The molecule has 0 bridgehead atoms. The van der Waals surface area contributed by atoms with Crippen LogP contribution < -0.4 is 5.32 Å². The predicted octanol–water partition coefficient (Wildman–Crippen LogP) is 2.57. The minimum atomic E-state index is -0.992. The largest absolute Gasteiger partial charge is 0.480 e. The summed E-state index contributed by atoms with van der Waals surface area (Å²) >= 11 is 0. The third-order valence-electron chi connectivity index (χ3n) is 4.18. The second-order valence-corrected chi connectivity index (χ2v) is 6.58. The SMILES string of the molecule is Cc1cc(N[C@@H](Cc2ccc(C#N)cc2)C(=O)O)nc(-n2nc(C)cc2C)n1. The number of benzene rings is 1. The second-order valence-electron chi connectivity index (χ2n) is 6.58. The van der Waals surface area contributed by atoms with Gasteiger partial charge in [-0.25, -0.2) is 14.5 Å². The van der Waals surface area contributed by atoms with Crippen LogP contribution in [0.4, 0.5) is 5.82 Å². The highest BCUT2D eigenvalue weighted by atomic mass is 16.4. The van der Waals surface area contributed by atoms with Crippen molar-refractivity contribution in [1.29, 1.82) is 5.26 Å². The summed E-state index contributed by atoms with van der Waals surface area (Å²) in [6.45, 7) is 5.61. The summed E-state index contributed by atoms with van der Waals surface area (Å²) in [4.78, 5) is 20.6. The molecule has 2 N–H and O–H groups in total. The van der Waals surface area contributed by atoms with E-state index in [0.29, 0.717) is 23.0 Å². The van der Waals surface area contributed by atoms with Gasteiger partial charge in [0.2, 0.25) is 0 Å². The van der Waals surface area contributed by atoms with Gasteiger partial charge in [0, 0.05) is 23.9 Å². The van der Waals surface area contributed by atoms with E-state index in [-0.39, 0.29) is 6.42 Å². The number of nitriles is 1. The number of nitrogens with zero attached hydrogens (tertiary/aromatic N) is 5. The third kappa shape index (κ3) is 4.32. The first-order chi connectivity index (χ1) is 13.4. The summed E-state index contributed by atoms with van der Waals surface area (Å²) in [7, 11) is 0. The summed E-state index contributed by atoms with van der Waals surface area (Å²) in [6.07, 6.45) is 0.249. The highest BCUT2D eigenvalue weighted by molar-refractivity contribution is 5.77. The fraction of sp³-hybridized carbons (Fsp3) is 0.250. The number of carboxylic acid groups (broad SMARTS) is 1. The molecule has 0 saturated heterocycles. The quantitative estimate of drug-likeness (QED) is 0.679. The Morgan fingerprint density at radius 2 is 1.89 bits per heavy atom. The number of nitrogens with one attached hydrogen (secondary N) is 1. The lowest BCUT2D eigenvalue weighted by Crippen LogP contribution is -2.32. The van der Waals surface area contributed by atoms with Crippen LogP contribution in [-0.2, 0) is 11.2 Å². The Hall–Kier alpha value is -3.73. The van der Waals surface area contributed by atoms with E-state index in [4.69, 9.17) is 5.26 Å². The number of carboxylic acids is 1. The number of aliphatic carboxylic acids is 1. The van der Waals surface area contributed by atoms with E-state index < -0.39 is 12.0 Å². The predicted molar refractivity (Wildman–Crippen MR) is 103 cm³/mol. The molecular weight excluding hydrogens is 356 g/mol. The number of aryl methyl sites for hydroxylation is 3. The van der Waals surface area contributed by atoms with Crippen molar-refractivity contribution in [3.63, 3.8) is 0 Å². The molecule has 3 aromatic rings. The molecule has 3 rings (SSSR count).